The van der Waals surface area contributed by atoms with Crippen LogP contribution in [0.25, 0.3) is 0 Å². The number of hydrogen-bond donors (Lipinski definition) is 8. The minimum Gasteiger partial charge on any atom is -0.508 e. The summed E-state index contributed by atoms with van der Waals surface area (Å²) >= 11 is 1.37. The van der Waals surface area contributed by atoms with Crippen molar-refractivity contribution in [2.45, 2.75) is 30.9 Å². The first kappa shape index (κ1) is 37.8. The molecule has 0 fully saturated rings. The molecule has 2 atom stereocenters. The largest absolute Gasteiger partial charge is 0.508 e. The lowest BCUT2D eigenvalue weighted by Gasteiger charge is -2.23. The van der Waals surface area contributed by atoms with Crippen molar-refractivity contribution in [1.82, 2.24) is 32.0 Å². The van der Waals surface area contributed by atoms with Gasteiger partial charge in [0.05, 0.1) is 13.1 Å². The lowest BCUT2D eigenvalue weighted by molar-refractivity contribution is -0.132. The molecule has 0 aliphatic carbocycles. The molecule has 6 amide bonds. The lowest BCUT2D eigenvalue weighted by atomic mass is 10.0. The van der Waals surface area contributed by atoms with Crippen molar-refractivity contribution >= 4 is 47.4 Å². The Kier molecular flexibility index (Phi) is 15.9. The molecule has 3 aromatic rings. The fourth-order valence-corrected chi connectivity index (χ4v) is 5.17. The first-order chi connectivity index (χ1) is 23.6. The molecule has 0 aliphatic heterocycles. The lowest BCUT2D eigenvalue weighted by Crippen LogP contribution is -2.57. The van der Waals surface area contributed by atoms with E-state index in [2.05, 4.69) is 26.6 Å². The number of carbonyl (C=O) groups is 6. The number of nitrogens with two attached hydrogens (primary N) is 1. The highest BCUT2D eigenvalue weighted by molar-refractivity contribution is 7.98. The highest BCUT2D eigenvalue weighted by Gasteiger charge is 2.27. The van der Waals surface area contributed by atoms with E-state index < -0.39 is 67.3 Å². The van der Waals surface area contributed by atoms with E-state index in [4.69, 9.17) is 10.6 Å². The van der Waals surface area contributed by atoms with Crippen molar-refractivity contribution in [2.75, 3.05) is 25.4 Å². The number of phenols is 1. The molecule has 3 aromatic carbocycles. The summed E-state index contributed by atoms with van der Waals surface area (Å²) in [6.45, 7) is -1.39. The summed E-state index contributed by atoms with van der Waals surface area (Å²) in [6.07, 6.45) is -0.755. The molecule has 0 saturated heterocycles. The van der Waals surface area contributed by atoms with Crippen molar-refractivity contribution in [3.05, 3.63) is 102 Å². The molecule has 49 heavy (non-hydrogen) atoms. The first-order valence-electron chi connectivity index (χ1n) is 15.1. The van der Waals surface area contributed by atoms with Gasteiger partial charge in [-0.3, -0.25) is 29.4 Å². The predicted molar refractivity (Wildman–Crippen MR) is 181 cm³/mol. The van der Waals surface area contributed by atoms with Gasteiger partial charge in [0.15, 0.2) is 0 Å². The third-order valence-corrected chi connectivity index (χ3v) is 7.80. The van der Waals surface area contributed by atoms with Gasteiger partial charge in [-0.25, -0.2) is 10.6 Å². The van der Waals surface area contributed by atoms with Crippen molar-refractivity contribution < 1.29 is 38.6 Å². The van der Waals surface area contributed by atoms with Crippen LogP contribution in [-0.4, -0.2) is 78.2 Å². The maximum atomic E-state index is 13.4. The Bertz CT molecular complexity index is 1550. The van der Waals surface area contributed by atoms with Gasteiger partial charge in [-0.1, -0.05) is 72.8 Å². The summed E-state index contributed by atoms with van der Waals surface area (Å²) in [5, 5.41) is 21.7. The predicted octanol–water partition coefficient (Wildman–Crippen LogP) is -0.0136. The summed E-state index contributed by atoms with van der Waals surface area (Å²) < 4.78 is 5.02. The van der Waals surface area contributed by atoms with E-state index in [9.17, 15) is 33.9 Å². The van der Waals surface area contributed by atoms with Crippen LogP contribution in [0.5, 0.6) is 5.75 Å². The van der Waals surface area contributed by atoms with Crippen molar-refractivity contribution in [3.63, 3.8) is 0 Å². The zero-order chi connectivity index (χ0) is 35.4. The average molecular weight is 694 g/mol. The molecule has 15 nitrogen and oxygen atoms in total. The number of aromatic hydroxyl groups is 1. The monoisotopic (exact) mass is 693 g/mol. The van der Waals surface area contributed by atoms with E-state index in [1.165, 1.54) is 23.9 Å². The highest BCUT2D eigenvalue weighted by Crippen LogP contribution is 2.14. The van der Waals surface area contributed by atoms with Crippen LogP contribution in [0.1, 0.15) is 16.7 Å². The first-order valence-corrected chi connectivity index (χ1v) is 16.3. The summed E-state index contributed by atoms with van der Waals surface area (Å²) in [5.74, 6) is 2.68. The van der Waals surface area contributed by atoms with E-state index in [1.54, 1.807) is 36.4 Å². The van der Waals surface area contributed by atoms with Gasteiger partial charge in [-0.2, -0.15) is 11.8 Å². The molecule has 0 radical (unpaired) electrons. The molecule has 0 saturated carbocycles. The number of nitrogens with one attached hydrogen (secondary N) is 6. The molecule has 0 aromatic heterocycles. The fourth-order valence-electron chi connectivity index (χ4n) is 4.16. The zero-order valence-electron chi connectivity index (χ0n) is 26.5. The molecular weight excluding hydrogens is 654 g/mol. The van der Waals surface area contributed by atoms with Gasteiger partial charge in [0, 0.05) is 17.9 Å². The standard InChI is InChI=1S/C33H39N7O8S/c34-40-32(46)26(15-22-11-13-25(41)14-12-22)39-31(45)27(21-49-20-24-9-5-2-6-10-24)38-30(44)18-36-28(42)16-35-29(43)17-37-33(47)48-19-23-7-3-1-4-8-23/h1-14,26-27,41H,15-21,34H2,(H,35,43)(H,36,42)(H,37,47)(H,38,44)(H,39,45)(H,40,46)/t26-,27-/m0/s1. The van der Waals surface area contributed by atoms with Crippen LogP contribution >= 0.6 is 11.8 Å². The van der Waals surface area contributed by atoms with Gasteiger partial charge in [0.25, 0.3) is 5.91 Å². The van der Waals surface area contributed by atoms with E-state index >= 15 is 0 Å². The quantitative estimate of drug-likeness (QED) is 0.0505. The third kappa shape index (κ3) is 14.8. The Morgan fingerprint density at radius 1 is 0.653 bits per heavy atom. The Labute approximate surface area is 287 Å². The number of benzene rings is 3. The molecule has 0 spiro atoms. The van der Waals surface area contributed by atoms with E-state index in [0.29, 0.717) is 11.3 Å². The van der Waals surface area contributed by atoms with Gasteiger partial charge < -0.3 is 36.4 Å². The van der Waals surface area contributed by atoms with Crippen LogP contribution in [0, 0.1) is 0 Å². The Morgan fingerprint density at radius 2 is 1.22 bits per heavy atom. The second-order valence-electron chi connectivity index (χ2n) is 10.5. The Balaban J connectivity index is 1.48. The van der Waals surface area contributed by atoms with E-state index in [1.807, 2.05) is 41.8 Å². The molecular formula is C33H39N7O8S. The minimum absolute atomic E-state index is 0.0242. The van der Waals surface area contributed by atoms with Crippen LogP contribution in [0.3, 0.4) is 0 Å². The average Bonchev–Trinajstić information content (AvgIpc) is 3.12. The molecule has 0 bridgehead atoms. The molecule has 16 heteroatoms. The van der Waals surface area contributed by atoms with E-state index in [0.717, 1.165) is 11.1 Å². The Morgan fingerprint density at radius 3 is 1.84 bits per heavy atom. The van der Waals surface area contributed by atoms with Crippen molar-refractivity contribution in [2.24, 2.45) is 5.84 Å². The summed E-state index contributed by atoms with van der Waals surface area (Å²) in [5.41, 5.74) is 4.43. The van der Waals surface area contributed by atoms with Gasteiger partial charge in [-0.05, 0) is 28.8 Å². The third-order valence-electron chi connectivity index (χ3n) is 6.70. The zero-order valence-corrected chi connectivity index (χ0v) is 27.3. The van der Waals surface area contributed by atoms with Crippen LogP contribution in [0.4, 0.5) is 4.79 Å². The minimum atomic E-state index is -1.10. The molecule has 260 valence electrons. The van der Waals surface area contributed by atoms with Crippen LogP contribution in [0.2, 0.25) is 0 Å². The molecule has 9 N–H and O–H groups in total. The highest BCUT2D eigenvalue weighted by atomic mass is 32.2. The van der Waals surface area contributed by atoms with Crippen molar-refractivity contribution in [1.29, 1.82) is 0 Å². The number of amides is 6. The second-order valence-corrected chi connectivity index (χ2v) is 11.6. The summed E-state index contributed by atoms with van der Waals surface area (Å²) in [4.78, 5) is 74.8. The molecule has 0 unspecified atom stereocenters. The van der Waals surface area contributed by atoms with Crippen LogP contribution in [0.15, 0.2) is 84.9 Å². The number of phenolic OH excluding ortho intramolecular Hbond substituents is 1. The number of rotatable bonds is 18. The van der Waals surface area contributed by atoms with Gasteiger partial charge in [0.1, 0.15) is 31.0 Å². The van der Waals surface area contributed by atoms with Gasteiger partial charge in [0.2, 0.25) is 23.6 Å². The normalized spacial score (nSPS) is 11.6. The maximum absolute atomic E-state index is 13.4. The topological polar surface area (TPSA) is 230 Å². The Hall–Kier alpha value is -5.61. The molecule has 0 heterocycles. The number of hydrogen-bond acceptors (Lipinski definition) is 10. The van der Waals surface area contributed by atoms with Gasteiger partial charge >= 0.3 is 6.09 Å². The fraction of sp³-hybridized carbons (Fsp3) is 0.273. The van der Waals surface area contributed by atoms with Gasteiger partial charge in [-0.15, -0.1) is 0 Å². The SMILES string of the molecule is NNC(=O)[C@H](Cc1ccc(O)cc1)NC(=O)[C@H](CSCc1ccccc1)NC(=O)CNC(=O)CNC(=O)CNC(=O)OCc1ccccc1. The number of alkyl carbamates (subject to hydrolysis) is 1. The summed E-state index contributed by atoms with van der Waals surface area (Å²) in [7, 11) is 0. The van der Waals surface area contributed by atoms with Crippen LogP contribution in [-0.2, 0) is 47.5 Å². The number of ether oxygens (including phenoxy) is 1. The smallest absolute Gasteiger partial charge is 0.407 e. The second kappa shape index (κ2) is 20.6. The molecule has 0 aliphatic rings. The van der Waals surface area contributed by atoms with Crippen LogP contribution < -0.4 is 37.9 Å². The van der Waals surface area contributed by atoms with E-state index in [-0.39, 0.29) is 24.5 Å². The number of hydrazine groups is 1. The number of thioether (sulfide) groups is 1. The van der Waals surface area contributed by atoms with Crippen molar-refractivity contribution in [3.8, 4) is 5.75 Å². The summed E-state index contributed by atoms with van der Waals surface area (Å²) in [6, 6.07) is 22.3. The molecule has 3 rings (SSSR count). The number of carbonyl (C=O) groups excluding carboxylic acids is 6. The maximum Gasteiger partial charge on any atom is 0.407 e.